The first-order valence-electron chi connectivity index (χ1n) is 13.6. The van der Waals surface area contributed by atoms with Crippen LogP contribution in [0.3, 0.4) is 0 Å². The van der Waals surface area contributed by atoms with Crippen LogP contribution in [-0.4, -0.2) is 60.4 Å². The third-order valence-electron chi connectivity index (χ3n) is 8.02. The number of piperazine rings is 1. The third kappa shape index (κ3) is 6.94. The lowest BCUT2D eigenvalue weighted by molar-refractivity contribution is -0.144. The van der Waals surface area contributed by atoms with E-state index in [0.717, 1.165) is 23.3 Å². The summed E-state index contributed by atoms with van der Waals surface area (Å²) in [7, 11) is 2.89. The topological polar surface area (TPSA) is 53.1 Å². The highest BCUT2D eigenvalue weighted by molar-refractivity contribution is 5.83. The van der Waals surface area contributed by atoms with Gasteiger partial charge in [-0.2, -0.15) is 13.2 Å². The molecule has 1 heterocycles. The van der Waals surface area contributed by atoms with Crippen molar-refractivity contribution in [3.63, 3.8) is 0 Å². The molecule has 0 aliphatic carbocycles. The second-order valence-electron chi connectivity index (χ2n) is 10.9. The SMILES string of the molecule is C=CCC(C)(CC=C)C(=O)N1CCN(C(=O)N(C)[C@H](C)c2cc(OC)cc(C(F)(F)F)c2)[C@@H](c2ccccc2C)C1. The number of hydrogen-bond acceptors (Lipinski definition) is 3. The van der Waals surface area contributed by atoms with Gasteiger partial charge in [0.15, 0.2) is 0 Å². The molecular weight excluding hydrogens is 531 g/mol. The van der Waals surface area contributed by atoms with Gasteiger partial charge < -0.3 is 19.4 Å². The van der Waals surface area contributed by atoms with E-state index in [1.54, 1.807) is 35.9 Å². The van der Waals surface area contributed by atoms with Gasteiger partial charge >= 0.3 is 12.2 Å². The summed E-state index contributed by atoms with van der Waals surface area (Å²) in [6.07, 6.45) is -0.103. The quantitative estimate of drug-likeness (QED) is 0.300. The number of nitrogens with zero attached hydrogens (tertiary/aromatic N) is 3. The number of urea groups is 1. The number of allylic oxidation sites excluding steroid dienone is 2. The summed E-state index contributed by atoms with van der Waals surface area (Å²) >= 11 is 0. The second-order valence-corrected chi connectivity index (χ2v) is 10.9. The fourth-order valence-corrected chi connectivity index (χ4v) is 5.44. The van der Waals surface area contributed by atoms with E-state index >= 15 is 0 Å². The molecule has 0 radical (unpaired) electrons. The summed E-state index contributed by atoms with van der Waals surface area (Å²) in [5.74, 6) is 0.0373. The zero-order valence-electron chi connectivity index (χ0n) is 24.5. The smallest absolute Gasteiger partial charge is 0.416 e. The molecule has 1 aliphatic heterocycles. The van der Waals surface area contributed by atoms with Gasteiger partial charge in [-0.25, -0.2) is 4.79 Å². The van der Waals surface area contributed by atoms with Crippen molar-refractivity contribution in [1.29, 1.82) is 0 Å². The average Bonchev–Trinajstić information content (AvgIpc) is 2.95. The summed E-state index contributed by atoms with van der Waals surface area (Å²) in [5, 5.41) is 0. The molecule has 0 saturated carbocycles. The molecule has 0 N–H and O–H groups in total. The highest BCUT2D eigenvalue weighted by Crippen LogP contribution is 2.37. The molecule has 0 spiro atoms. The summed E-state index contributed by atoms with van der Waals surface area (Å²) in [5.41, 5.74) is 0.655. The number of rotatable bonds is 9. The molecule has 41 heavy (non-hydrogen) atoms. The Kier molecular flexibility index (Phi) is 9.94. The molecule has 6 nitrogen and oxygen atoms in total. The Morgan fingerprint density at radius 3 is 2.32 bits per heavy atom. The largest absolute Gasteiger partial charge is 0.497 e. The van der Waals surface area contributed by atoms with Gasteiger partial charge in [-0.05, 0) is 61.6 Å². The Morgan fingerprint density at radius 1 is 1.12 bits per heavy atom. The van der Waals surface area contributed by atoms with Crippen LogP contribution in [0, 0.1) is 12.3 Å². The highest BCUT2D eigenvalue weighted by Gasteiger charge is 2.41. The maximum atomic E-state index is 14.0. The number of hydrogen-bond donors (Lipinski definition) is 0. The maximum absolute atomic E-state index is 14.0. The lowest BCUT2D eigenvalue weighted by Gasteiger charge is -2.46. The summed E-state index contributed by atoms with van der Waals surface area (Å²) < 4.78 is 45.8. The van der Waals surface area contributed by atoms with Crippen molar-refractivity contribution in [2.24, 2.45) is 5.41 Å². The Hall–Kier alpha value is -3.75. The van der Waals surface area contributed by atoms with Gasteiger partial charge in [0.1, 0.15) is 5.75 Å². The van der Waals surface area contributed by atoms with Gasteiger partial charge in [-0.15, -0.1) is 13.2 Å². The van der Waals surface area contributed by atoms with E-state index in [0.29, 0.717) is 31.5 Å². The van der Waals surface area contributed by atoms with Crippen LogP contribution in [-0.2, 0) is 11.0 Å². The standard InChI is InChI=1S/C32H40F3N3O3/c1-8-14-31(5,15-9-2)29(39)37-16-17-38(28(21-37)27-13-11-10-12-22(27)3)30(40)36(6)23(4)24-18-25(32(33,34)35)20-26(19-24)41-7/h8-13,18-20,23,28H,1-2,14-17,21H2,3-7H3/t23-,28-/m1/s1. The fraction of sp³-hybridized carbons (Fsp3) is 0.438. The van der Waals surface area contributed by atoms with Gasteiger partial charge in [-0.1, -0.05) is 43.3 Å². The number of carbonyl (C=O) groups is 2. The summed E-state index contributed by atoms with van der Waals surface area (Å²) in [4.78, 5) is 32.7. The van der Waals surface area contributed by atoms with Crippen molar-refractivity contribution in [3.8, 4) is 5.75 Å². The molecule has 1 aliphatic rings. The maximum Gasteiger partial charge on any atom is 0.416 e. The predicted octanol–water partition coefficient (Wildman–Crippen LogP) is 7.18. The minimum Gasteiger partial charge on any atom is -0.497 e. The molecule has 0 bridgehead atoms. The lowest BCUT2D eigenvalue weighted by atomic mass is 9.81. The van der Waals surface area contributed by atoms with Crippen LogP contribution >= 0.6 is 0 Å². The Labute approximate surface area is 241 Å². The Morgan fingerprint density at radius 2 is 1.76 bits per heavy atom. The first-order valence-corrected chi connectivity index (χ1v) is 13.6. The molecule has 0 unspecified atom stereocenters. The molecule has 2 atom stereocenters. The van der Waals surface area contributed by atoms with Gasteiger partial charge in [0.05, 0.1) is 30.2 Å². The predicted molar refractivity (Wildman–Crippen MR) is 155 cm³/mol. The van der Waals surface area contributed by atoms with Crippen molar-refractivity contribution in [2.45, 2.75) is 51.9 Å². The van der Waals surface area contributed by atoms with Gasteiger partial charge in [0, 0.05) is 26.7 Å². The van der Waals surface area contributed by atoms with Crippen LogP contribution in [0.4, 0.5) is 18.0 Å². The number of ether oxygens (including phenoxy) is 1. The Bertz CT molecular complexity index is 1270. The van der Waals surface area contributed by atoms with Crippen LogP contribution in [0.15, 0.2) is 67.8 Å². The number of alkyl halides is 3. The van der Waals surface area contributed by atoms with Crippen LogP contribution < -0.4 is 4.74 Å². The average molecular weight is 572 g/mol. The van der Waals surface area contributed by atoms with E-state index in [-0.39, 0.29) is 24.2 Å². The van der Waals surface area contributed by atoms with Gasteiger partial charge in [0.25, 0.3) is 0 Å². The number of aryl methyl sites for hydroxylation is 1. The lowest BCUT2D eigenvalue weighted by Crippen LogP contribution is -2.57. The van der Waals surface area contributed by atoms with E-state index in [1.165, 1.54) is 18.1 Å². The number of amides is 3. The monoisotopic (exact) mass is 571 g/mol. The van der Waals surface area contributed by atoms with E-state index in [2.05, 4.69) is 13.2 Å². The minimum atomic E-state index is -4.56. The van der Waals surface area contributed by atoms with Crippen LogP contribution in [0.5, 0.6) is 5.75 Å². The normalized spacial score (nSPS) is 16.6. The van der Waals surface area contributed by atoms with Crippen molar-refractivity contribution < 1.29 is 27.5 Å². The number of methoxy groups -OCH3 is 1. The summed E-state index contributed by atoms with van der Waals surface area (Å²) in [6.45, 7) is 14.1. The van der Waals surface area contributed by atoms with E-state index in [4.69, 9.17) is 4.74 Å². The number of carbonyl (C=O) groups excluding carboxylic acids is 2. The molecular formula is C32H40F3N3O3. The van der Waals surface area contributed by atoms with E-state index in [9.17, 15) is 22.8 Å². The molecule has 2 aromatic rings. The molecule has 0 aromatic heterocycles. The molecule has 3 amide bonds. The zero-order valence-corrected chi connectivity index (χ0v) is 24.5. The number of halogens is 3. The molecule has 2 aromatic carbocycles. The molecule has 9 heteroatoms. The van der Waals surface area contributed by atoms with Crippen LogP contribution in [0.25, 0.3) is 0 Å². The number of benzene rings is 2. The van der Waals surface area contributed by atoms with Crippen molar-refractivity contribution in [2.75, 3.05) is 33.8 Å². The van der Waals surface area contributed by atoms with Crippen molar-refractivity contribution >= 4 is 11.9 Å². The molecule has 3 rings (SSSR count). The van der Waals surface area contributed by atoms with E-state index < -0.39 is 29.2 Å². The zero-order chi connectivity index (χ0) is 30.5. The Balaban J connectivity index is 1.95. The van der Waals surface area contributed by atoms with E-state index in [1.807, 2.05) is 38.1 Å². The van der Waals surface area contributed by atoms with Gasteiger partial charge in [-0.3, -0.25) is 4.79 Å². The van der Waals surface area contributed by atoms with Crippen LogP contribution in [0.2, 0.25) is 0 Å². The highest BCUT2D eigenvalue weighted by atomic mass is 19.4. The molecule has 1 saturated heterocycles. The van der Waals surface area contributed by atoms with Crippen molar-refractivity contribution in [1.82, 2.24) is 14.7 Å². The molecule has 1 fully saturated rings. The molecule has 222 valence electrons. The van der Waals surface area contributed by atoms with Crippen molar-refractivity contribution in [3.05, 3.63) is 90.0 Å². The minimum absolute atomic E-state index is 0.0271. The van der Waals surface area contributed by atoms with Gasteiger partial charge in [0.2, 0.25) is 5.91 Å². The summed E-state index contributed by atoms with van der Waals surface area (Å²) in [6, 6.07) is 9.75. The third-order valence-corrected chi connectivity index (χ3v) is 8.02. The second kappa shape index (κ2) is 12.8. The first-order chi connectivity index (χ1) is 19.3. The van der Waals surface area contributed by atoms with Crippen LogP contribution in [0.1, 0.15) is 61.0 Å². The first kappa shape index (κ1) is 31.8. The fourth-order valence-electron chi connectivity index (χ4n) is 5.44.